The smallest absolute Gasteiger partial charge is 0.191 e. The van der Waals surface area contributed by atoms with Gasteiger partial charge in [-0.2, -0.15) is 0 Å². The summed E-state index contributed by atoms with van der Waals surface area (Å²) in [5.41, 5.74) is 6.00. The number of nitrogens with zero attached hydrogens (tertiary/aromatic N) is 2. The Labute approximate surface area is 87.4 Å². The minimum atomic E-state index is 0.570. The normalized spacial score (nSPS) is 28.5. The second-order valence-electron chi connectivity index (χ2n) is 4.14. The molecule has 0 saturated carbocycles. The van der Waals surface area contributed by atoms with Crippen LogP contribution in [-0.4, -0.2) is 29.5 Å². The number of hydrogen-bond donors (Lipinski definition) is 1. The van der Waals surface area contributed by atoms with Crippen molar-refractivity contribution in [2.45, 2.75) is 58.5 Å². The predicted molar refractivity (Wildman–Crippen MR) is 61.4 cm³/mol. The van der Waals surface area contributed by atoms with Crippen LogP contribution in [0.2, 0.25) is 0 Å². The molecule has 3 heteroatoms. The first kappa shape index (κ1) is 11.3. The van der Waals surface area contributed by atoms with Crippen LogP contribution in [0.5, 0.6) is 0 Å². The standard InChI is InChI=1S/C11H23N3/c1-4-8-13-11(12)14-9(3)6-7-10(14)5-2/h9-10H,4-8H2,1-3H3,(H2,12,13). The van der Waals surface area contributed by atoms with Gasteiger partial charge in [-0.3, -0.25) is 4.99 Å². The van der Waals surface area contributed by atoms with Gasteiger partial charge in [-0.05, 0) is 32.6 Å². The van der Waals surface area contributed by atoms with Gasteiger partial charge >= 0.3 is 0 Å². The van der Waals surface area contributed by atoms with Gasteiger partial charge in [-0.25, -0.2) is 0 Å². The lowest BCUT2D eigenvalue weighted by molar-refractivity contribution is 0.316. The Kier molecular flexibility index (Phi) is 4.23. The lowest BCUT2D eigenvalue weighted by Crippen LogP contribution is -2.44. The Balaban J connectivity index is 2.63. The molecule has 82 valence electrons. The lowest BCUT2D eigenvalue weighted by Gasteiger charge is -2.28. The minimum absolute atomic E-state index is 0.570. The summed E-state index contributed by atoms with van der Waals surface area (Å²) >= 11 is 0. The van der Waals surface area contributed by atoms with E-state index >= 15 is 0 Å². The molecule has 1 aliphatic heterocycles. The highest BCUT2D eigenvalue weighted by Gasteiger charge is 2.30. The van der Waals surface area contributed by atoms with Crippen LogP contribution in [0.15, 0.2) is 4.99 Å². The number of nitrogens with two attached hydrogens (primary N) is 1. The second-order valence-corrected chi connectivity index (χ2v) is 4.14. The Morgan fingerprint density at radius 3 is 2.71 bits per heavy atom. The van der Waals surface area contributed by atoms with Crippen molar-refractivity contribution in [2.24, 2.45) is 10.7 Å². The minimum Gasteiger partial charge on any atom is -0.370 e. The van der Waals surface area contributed by atoms with E-state index in [0.29, 0.717) is 12.1 Å². The van der Waals surface area contributed by atoms with Gasteiger partial charge in [-0.1, -0.05) is 13.8 Å². The van der Waals surface area contributed by atoms with Gasteiger partial charge in [-0.15, -0.1) is 0 Å². The Bertz CT molecular complexity index is 201. The highest BCUT2D eigenvalue weighted by Crippen LogP contribution is 2.25. The fourth-order valence-corrected chi connectivity index (χ4v) is 2.19. The average molecular weight is 197 g/mol. The zero-order valence-corrected chi connectivity index (χ0v) is 9.66. The maximum absolute atomic E-state index is 6.00. The summed E-state index contributed by atoms with van der Waals surface area (Å²) in [7, 11) is 0. The Hall–Kier alpha value is -0.730. The highest BCUT2D eigenvalue weighted by atomic mass is 15.3. The van der Waals surface area contributed by atoms with Crippen molar-refractivity contribution < 1.29 is 0 Å². The van der Waals surface area contributed by atoms with Crippen molar-refractivity contribution in [3.05, 3.63) is 0 Å². The zero-order valence-electron chi connectivity index (χ0n) is 9.66. The van der Waals surface area contributed by atoms with E-state index in [-0.39, 0.29) is 0 Å². The fourth-order valence-electron chi connectivity index (χ4n) is 2.19. The van der Waals surface area contributed by atoms with E-state index in [1.54, 1.807) is 0 Å². The molecule has 0 bridgehead atoms. The molecular formula is C11H23N3. The molecule has 0 spiro atoms. The molecular weight excluding hydrogens is 174 g/mol. The molecule has 0 aromatic heterocycles. The van der Waals surface area contributed by atoms with Crippen molar-refractivity contribution in [3.63, 3.8) is 0 Å². The monoisotopic (exact) mass is 197 g/mol. The molecule has 1 fully saturated rings. The van der Waals surface area contributed by atoms with Gasteiger partial charge in [0, 0.05) is 18.6 Å². The summed E-state index contributed by atoms with van der Waals surface area (Å²) in [5.74, 6) is 0.753. The summed E-state index contributed by atoms with van der Waals surface area (Å²) in [6.07, 6.45) is 4.76. The predicted octanol–water partition coefficient (Wildman–Crippen LogP) is 1.97. The van der Waals surface area contributed by atoms with Crippen LogP contribution in [-0.2, 0) is 0 Å². The molecule has 14 heavy (non-hydrogen) atoms. The molecule has 0 aliphatic carbocycles. The topological polar surface area (TPSA) is 41.6 Å². The Morgan fingerprint density at radius 2 is 2.14 bits per heavy atom. The Morgan fingerprint density at radius 1 is 1.43 bits per heavy atom. The highest BCUT2D eigenvalue weighted by molar-refractivity contribution is 5.79. The van der Waals surface area contributed by atoms with Crippen molar-refractivity contribution in [1.29, 1.82) is 0 Å². The number of likely N-dealkylation sites (tertiary alicyclic amines) is 1. The molecule has 1 heterocycles. The molecule has 2 N–H and O–H groups in total. The SMILES string of the molecule is CCCN=C(N)N1C(C)CCC1CC. The summed E-state index contributed by atoms with van der Waals surface area (Å²) in [4.78, 5) is 6.69. The van der Waals surface area contributed by atoms with Crippen molar-refractivity contribution in [1.82, 2.24) is 4.90 Å². The first-order valence-electron chi connectivity index (χ1n) is 5.78. The third kappa shape index (κ3) is 2.40. The van der Waals surface area contributed by atoms with Gasteiger partial charge in [0.2, 0.25) is 0 Å². The number of hydrogen-bond acceptors (Lipinski definition) is 1. The van der Waals surface area contributed by atoms with E-state index < -0.39 is 0 Å². The van der Waals surface area contributed by atoms with Gasteiger partial charge in [0.05, 0.1) is 0 Å². The van der Waals surface area contributed by atoms with E-state index in [9.17, 15) is 0 Å². The van der Waals surface area contributed by atoms with Crippen molar-refractivity contribution in [2.75, 3.05) is 6.54 Å². The van der Waals surface area contributed by atoms with Crippen LogP contribution < -0.4 is 5.73 Å². The van der Waals surface area contributed by atoms with Crippen LogP contribution in [0.4, 0.5) is 0 Å². The molecule has 1 rings (SSSR count). The quantitative estimate of drug-likeness (QED) is 0.555. The second kappa shape index (κ2) is 5.23. The summed E-state index contributed by atoms with van der Waals surface area (Å²) in [5, 5.41) is 0. The molecule has 2 unspecified atom stereocenters. The van der Waals surface area contributed by atoms with Crippen LogP contribution in [0.25, 0.3) is 0 Å². The summed E-state index contributed by atoms with van der Waals surface area (Å²) in [6.45, 7) is 7.44. The van der Waals surface area contributed by atoms with Crippen molar-refractivity contribution in [3.8, 4) is 0 Å². The largest absolute Gasteiger partial charge is 0.370 e. The first-order valence-corrected chi connectivity index (χ1v) is 5.78. The molecule has 0 aromatic rings. The molecule has 3 nitrogen and oxygen atoms in total. The molecule has 0 radical (unpaired) electrons. The van der Waals surface area contributed by atoms with Crippen LogP contribution in [0, 0.1) is 0 Å². The maximum Gasteiger partial charge on any atom is 0.191 e. The third-order valence-corrected chi connectivity index (χ3v) is 3.02. The maximum atomic E-state index is 6.00. The number of guanidine groups is 1. The van der Waals surface area contributed by atoms with E-state index in [1.165, 1.54) is 19.3 Å². The zero-order chi connectivity index (χ0) is 10.6. The van der Waals surface area contributed by atoms with Crippen molar-refractivity contribution >= 4 is 5.96 Å². The molecule has 0 aromatic carbocycles. The molecule has 1 saturated heterocycles. The third-order valence-electron chi connectivity index (χ3n) is 3.02. The first-order chi connectivity index (χ1) is 6.70. The van der Waals surface area contributed by atoms with E-state index in [0.717, 1.165) is 18.9 Å². The van der Waals surface area contributed by atoms with Crippen LogP contribution in [0.3, 0.4) is 0 Å². The van der Waals surface area contributed by atoms with Crippen LogP contribution >= 0.6 is 0 Å². The van der Waals surface area contributed by atoms with E-state index in [1.807, 2.05) is 0 Å². The molecule has 2 atom stereocenters. The van der Waals surface area contributed by atoms with E-state index in [4.69, 9.17) is 5.73 Å². The van der Waals surface area contributed by atoms with Gasteiger partial charge < -0.3 is 10.6 Å². The lowest BCUT2D eigenvalue weighted by atomic mass is 10.2. The summed E-state index contributed by atoms with van der Waals surface area (Å²) < 4.78 is 0. The number of rotatable bonds is 3. The molecule has 0 amide bonds. The number of aliphatic imine (C=N–C) groups is 1. The van der Waals surface area contributed by atoms with Crippen LogP contribution in [0.1, 0.15) is 46.5 Å². The summed E-state index contributed by atoms with van der Waals surface area (Å²) in [6, 6.07) is 1.19. The van der Waals surface area contributed by atoms with Gasteiger partial charge in [0.25, 0.3) is 0 Å². The van der Waals surface area contributed by atoms with Gasteiger partial charge in [0.1, 0.15) is 0 Å². The fraction of sp³-hybridized carbons (Fsp3) is 0.909. The molecule has 1 aliphatic rings. The van der Waals surface area contributed by atoms with Gasteiger partial charge in [0.15, 0.2) is 5.96 Å². The van der Waals surface area contributed by atoms with E-state index in [2.05, 4.69) is 30.7 Å². The average Bonchev–Trinajstić information content (AvgIpc) is 2.56.